The maximum atomic E-state index is 14.2. The zero-order valence-corrected chi connectivity index (χ0v) is 23.6. The van der Waals surface area contributed by atoms with Crippen molar-refractivity contribution in [2.75, 3.05) is 46.9 Å². The van der Waals surface area contributed by atoms with Crippen molar-refractivity contribution in [1.29, 1.82) is 0 Å². The highest BCUT2D eigenvalue weighted by atomic mass is 16.5. The van der Waals surface area contributed by atoms with Crippen LogP contribution in [0.3, 0.4) is 0 Å². The summed E-state index contributed by atoms with van der Waals surface area (Å²) in [4.78, 5) is 56.9. The standard InChI is InChI=1S/C29H35N3O10/c1-13-14-5-4-6-15(33)18(14)23(35)19-17(13)25(42-16(34)7-8-32-9-11-41-12-10-32)21-22(31(2)3)24(36)20(28(30)39)27(38)29(21,40)26(19)37/h4-6,13,17,21-22,25,33,35,38,40H,7-12H2,1-3H3,(H2,30,39)/t13-,17+,21+,22-,25-,29-/m0/s1. The highest BCUT2D eigenvalue weighted by Crippen LogP contribution is 2.56. The van der Waals surface area contributed by atoms with Gasteiger partial charge >= 0.3 is 5.97 Å². The molecule has 4 aliphatic rings. The van der Waals surface area contributed by atoms with E-state index >= 15 is 0 Å². The van der Waals surface area contributed by atoms with Gasteiger partial charge in [-0.2, -0.15) is 0 Å². The molecule has 226 valence electrons. The van der Waals surface area contributed by atoms with Gasteiger partial charge in [0.2, 0.25) is 5.78 Å². The van der Waals surface area contributed by atoms with Gasteiger partial charge in [0.05, 0.1) is 37.2 Å². The molecule has 6 N–H and O–H groups in total. The van der Waals surface area contributed by atoms with Gasteiger partial charge in [0.15, 0.2) is 11.4 Å². The Labute approximate surface area is 241 Å². The number of hydrogen-bond donors (Lipinski definition) is 5. The number of aromatic hydroxyl groups is 1. The van der Waals surface area contributed by atoms with Crippen molar-refractivity contribution < 1.29 is 49.1 Å². The summed E-state index contributed by atoms with van der Waals surface area (Å²) in [7, 11) is 2.96. The highest BCUT2D eigenvalue weighted by Gasteiger charge is 2.69. The summed E-state index contributed by atoms with van der Waals surface area (Å²) in [5.41, 5.74) is 1.50. The number of fused-ring (bicyclic) bond motifs is 3. The first kappa shape index (κ1) is 29.7. The fourth-order valence-electron chi connectivity index (χ4n) is 6.97. The lowest BCUT2D eigenvalue weighted by Crippen LogP contribution is -2.71. The first-order valence-corrected chi connectivity index (χ1v) is 13.8. The molecule has 1 saturated carbocycles. The summed E-state index contributed by atoms with van der Waals surface area (Å²) in [6, 6.07) is 3.11. The second-order valence-corrected chi connectivity index (χ2v) is 11.5. The molecule has 2 fully saturated rings. The summed E-state index contributed by atoms with van der Waals surface area (Å²) in [6.45, 7) is 4.35. The molecule has 1 aromatic carbocycles. The predicted octanol–water partition coefficient (Wildman–Crippen LogP) is -0.231. The molecule has 1 saturated heterocycles. The summed E-state index contributed by atoms with van der Waals surface area (Å²) < 4.78 is 11.4. The third-order valence-corrected chi connectivity index (χ3v) is 8.97. The second-order valence-electron chi connectivity index (χ2n) is 11.5. The number of ketones is 2. The quantitative estimate of drug-likeness (QED) is 0.217. The van der Waals surface area contributed by atoms with Crippen LogP contribution in [0.2, 0.25) is 0 Å². The molecule has 1 heterocycles. The number of phenolic OH excluding ortho intramolecular Hbond substituents is 1. The fraction of sp³-hybridized carbons (Fsp3) is 0.517. The summed E-state index contributed by atoms with van der Waals surface area (Å²) in [6.07, 6.45) is -1.49. The van der Waals surface area contributed by atoms with Crippen LogP contribution in [0.5, 0.6) is 5.75 Å². The number of ether oxygens (including phenoxy) is 2. The Morgan fingerprint density at radius 2 is 1.83 bits per heavy atom. The van der Waals surface area contributed by atoms with Gasteiger partial charge in [0.25, 0.3) is 5.91 Å². The molecular formula is C29H35N3O10. The number of rotatable bonds is 6. The number of nitrogens with two attached hydrogens (primary N) is 1. The lowest BCUT2D eigenvalue weighted by Gasteiger charge is -2.54. The zero-order valence-electron chi connectivity index (χ0n) is 23.6. The number of nitrogens with zero attached hydrogens (tertiary/aromatic N) is 2. The Hall–Kier alpha value is -3.78. The van der Waals surface area contributed by atoms with Crippen LogP contribution in [0, 0.1) is 11.8 Å². The number of esters is 1. The van der Waals surface area contributed by atoms with Crippen molar-refractivity contribution in [3.05, 3.63) is 46.2 Å². The van der Waals surface area contributed by atoms with Crippen LogP contribution in [-0.2, 0) is 28.7 Å². The number of primary amides is 1. The van der Waals surface area contributed by atoms with Crippen molar-refractivity contribution in [1.82, 2.24) is 9.80 Å². The minimum atomic E-state index is -2.97. The van der Waals surface area contributed by atoms with Crippen molar-refractivity contribution in [2.24, 2.45) is 17.6 Å². The third-order valence-electron chi connectivity index (χ3n) is 8.97. The number of hydrogen-bond acceptors (Lipinski definition) is 12. The number of Topliss-reactive ketones (excluding diaryl/α,β-unsaturated/α-hetero) is 2. The predicted molar refractivity (Wildman–Crippen MR) is 146 cm³/mol. The molecular weight excluding hydrogens is 550 g/mol. The van der Waals surface area contributed by atoms with Crippen LogP contribution in [0.4, 0.5) is 0 Å². The zero-order chi connectivity index (χ0) is 30.7. The molecule has 0 bridgehead atoms. The number of morpholine rings is 1. The van der Waals surface area contributed by atoms with Gasteiger partial charge in [-0.25, -0.2) is 0 Å². The van der Waals surface area contributed by atoms with Gasteiger partial charge in [-0.15, -0.1) is 0 Å². The summed E-state index contributed by atoms with van der Waals surface area (Å²) in [5, 5.41) is 45.3. The molecule has 0 radical (unpaired) electrons. The van der Waals surface area contributed by atoms with Crippen LogP contribution >= 0.6 is 0 Å². The molecule has 1 aromatic rings. The lowest BCUT2D eigenvalue weighted by molar-refractivity contribution is -0.185. The maximum Gasteiger partial charge on any atom is 0.307 e. The Morgan fingerprint density at radius 3 is 2.45 bits per heavy atom. The highest BCUT2D eigenvalue weighted by molar-refractivity contribution is 6.24. The number of phenols is 1. The smallest absolute Gasteiger partial charge is 0.307 e. The van der Waals surface area contributed by atoms with Crippen molar-refractivity contribution >= 4 is 29.2 Å². The SMILES string of the molecule is C[C@H]1c2cccc(O)c2C(O)=C2C(=O)[C@]3(O)C(O)=C(C(N)=O)C(=O)[C@@H](N(C)C)[C@@H]3[C@@H](OC(=O)CCN3CCOCC3)[C@@H]21. The number of likely N-dealkylation sites (N-methyl/N-ethyl adjacent to an activating group) is 1. The van der Waals surface area contributed by atoms with Crippen LogP contribution < -0.4 is 5.73 Å². The topological polar surface area (TPSA) is 200 Å². The van der Waals surface area contributed by atoms with Gasteiger partial charge < -0.3 is 35.6 Å². The average Bonchev–Trinajstić information content (AvgIpc) is 2.93. The Kier molecular flexibility index (Phi) is 7.64. The van der Waals surface area contributed by atoms with Crippen molar-refractivity contribution in [2.45, 2.75) is 37.0 Å². The van der Waals surface area contributed by atoms with E-state index in [2.05, 4.69) is 0 Å². The van der Waals surface area contributed by atoms with Gasteiger partial charge in [-0.3, -0.25) is 29.0 Å². The van der Waals surface area contributed by atoms with Crippen LogP contribution in [0.1, 0.15) is 30.4 Å². The van der Waals surface area contributed by atoms with Crippen LogP contribution in [-0.4, -0.2) is 118 Å². The molecule has 6 atom stereocenters. The van der Waals surface area contributed by atoms with E-state index in [0.29, 0.717) is 38.4 Å². The maximum absolute atomic E-state index is 14.2. The first-order valence-electron chi connectivity index (χ1n) is 13.8. The van der Waals surface area contributed by atoms with E-state index in [1.165, 1.54) is 25.1 Å². The van der Waals surface area contributed by atoms with E-state index in [1.54, 1.807) is 19.1 Å². The molecule has 13 heteroatoms. The van der Waals surface area contributed by atoms with Gasteiger partial charge in [0, 0.05) is 31.1 Å². The van der Waals surface area contributed by atoms with E-state index < -0.39 is 81.6 Å². The average molecular weight is 586 g/mol. The minimum absolute atomic E-state index is 0.0429. The monoisotopic (exact) mass is 585 g/mol. The Bertz CT molecular complexity index is 1410. The van der Waals surface area contributed by atoms with E-state index in [-0.39, 0.29) is 17.7 Å². The van der Waals surface area contributed by atoms with E-state index in [1.807, 2.05) is 4.90 Å². The molecule has 0 unspecified atom stereocenters. The summed E-state index contributed by atoms with van der Waals surface area (Å²) >= 11 is 0. The van der Waals surface area contributed by atoms with Gasteiger partial charge in [0.1, 0.15) is 28.9 Å². The van der Waals surface area contributed by atoms with E-state index in [9.17, 15) is 39.6 Å². The Balaban J connectivity index is 1.69. The van der Waals surface area contributed by atoms with E-state index in [0.717, 1.165) is 0 Å². The molecule has 1 aliphatic heterocycles. The van der Waals surface area contributed by atoms with Gasteiger partial charge in [-0.05, 0) is 31.6 Å². The number of aliphatic hydroxyl groups excluding tert-OH is 2. The molecule has 13 nitrogen and oxygen atoms in total. The number of carbonyl (C=O) groups excluding carboxylic acids is 4. The third kappa shape index (κ3) is 4.39. The second kappa shape index (κ2) is 10.8. The summed E-state index contributed by atoms with van der Waals surface area (Å²) in [5.74, 6) is -9.76. The van der Waals surface area contributed by atoms with Crippen molar-refractivity contribution in [3.63, 3.8) is 0 Å². The van der Waals surface area contributed by atoms with Crippen LogP contribution in [0.25, 0.3) is 5.76 Å². The molecule has 1 amide bonds. The Morgan fingerprint density at radius 1 is 1.17 bits per heavy atom. The number of carbonyl (C=O) groups is 4. The minimum Gasteiger partial charge on any atom is -0.508 e. The number of amides is 1. The fourth-order valence-corrected chi connectivity index (χ4v) is 6.97. The molecule has 0 spiro atoms. The van der Waals surface area contributed by atoms with Crippen LogP contribution in [0.15, 0.2) is 35.1 Å². The van der Waals surface area contributed by atoms with Crippen molar-refractivity contribution in [3.8, 4) is 5.75 Å². The normalized spacial score (nSPS) is 31.5. The first-order chi connectivity index (χ1) is 19.8. The van der Waals surface area contributed by atoms with Gasteiger partial charge in [-0.1, -0.05) is 19.1 Å². The molecule has 5 rings (SSSR count). The number of aliphatic hydroxyl groups is 3. The number of benzene rings is 1. The molecule has 0 aromatic heterocycles. The molecule has 3 aliphatic carbocycles. The largest absolute Gasteiger partial charge is 0.508 e. The van der Waals surface area contributed by atoms with E-state index in [4.69, 9.17) is 15.2 Å². The lowest BCUT2D eigenvalue weighted by atomic mass is 9.54. The molecule has 42 heavy (non-hydrogen) atoms.